The van der Waals surface area contributed by atoms with Crippen LogP contribution in [0, 0.1) is 0 Å². The molecule has 0 saturated carbocycles. The molecule has 44 heavy (non-hydrogen) atoms. The van der Waals surface area contributed by atoms with Crippen LogP contribution in [0.5, 0.6) is 0 Å². The molecule has 3 aromatic carbocycles. The second-order valence-electron chi connectivity index (χ2n) is 11.6. The molecule has 4 aromatic rings. The number of nitrogens with zero attached hydrogens (tertiary/aromatic N) is 3. The summed E-state index contributed by atoms with van der Waals surface area (Å²) in [4.78, 5) is 36.9. The number of H-pyrrole nitrogens is 1. The van der Waals surface area contributed by atoms with Crippen LogP contribution in [0.15, 0.2) is 83.9 Å². The molecule has 0 spiro atoms. The van der Waals surface area contributed by atoms with Crippen LogP contribution in [0.2, 0.25) is 0 Å². The van der Waals surface area contributed by atoms with E-state index in [1.54, 1.807) is 17.0 Å². The Kier molecular flexibility index (Phi) is 9.26. The van der Waals surface area contributed by atoms with Gasteiger partial charge in [0.15, 0.2) is 9.84 Å². The first-order valence-electron chi connectivity index (χ1n) is 14.7. The molecule has 1 aliphatic heterocycles. The third-order valence-electron chi connectivity index (χ3n) is 8.06. The number of fused-ring (bicyclic) bond motifs is 1. The highest BCUT2D eigenvalue weighted by Gasteiger charge is 2.33. The van der Waals surface area contributed by atoms with Gasteiger partial charge in [-0.2, -0.15) is 0 Å². The highest BCUT2D eigenvalue weighted by molar-refractivity contribution is 7.90. The number of para-hydroxylation sites is 2. The van der Waals surface area contributed by atoms with Gasteiger partial charge in [-0.25, -0.2) is 13.2 Å². The van der Waals surface area contributed by atoms with E-state index in [0.717, 1.165) is 34.0 Å². The predicted molar refractivity (Wildman–Crippen MR) is 175 cm³/mol. The number of amides is 3. The molecule has 3 amide bonds. The first-order chi connectivity index (χ1) is 21.0. The number of urea groups is 1. The third kappa shape index (κ3) is 7.06. The lowest BCUT2D eigenvalue weighted by Gasteiger charge is -2.37. The minimum Gasteiger partial charge on any atom is -0.368 e. The van der Waals surface area contributed by atoms with E-state index in [1.807, 2.05) is 74.6 Å². The van der Waals surface area contributed by atoms with Crippen LogP contribution in [0.1, 0.15) is 24.0 Å². The summed E-state index contributed by atoms with van der Waals surface area (Å²) < 4.78 is 25.3. The van der Waals surface area contributed by atoms with Gasteiger partial charge in [-0.1, -0.05) is 49.4 Å². The molecule has 3 N–H and O–H groups in total. The van der Waals surface area contributed by atoms with Gasteiger partial charge in [0, 0.05) is 67.7 Å². The lowest BCUT2D eigenvalue weighted by atomic mass is 9.92. The van der Waals surface area contributed by atoms with Crippen molar-refractivity contribution in [1.29, 1.82) is 0 Å². The van der Waals surface area contributed by atoms with Crippen LogP contribution in [0.3, 0.4) is 0 Å². The van der Waals surface area contributed by atoms with Crippen molar-refractivity contribution in [1.82, 2.24) is 20.1 Å². The summed E-state index contributed by atoms with van der Waals surface area (Å²) in [5.74, 6) is -0.932. The van der Waals surface area contributed by atoms with Crippen molar-refractivity contribution in [2.24, 2.45) is 0 Å². The van der Waals surface area contributed by atoms with E-state index in [9.17, 15) is 18.0 Å². The average Bonchev–Trinajstić information content (AvgIpc) is 3.43. The van der Waals surface area contributed by atoms with Crippen LogP contribution in [0.4, 0.5) is 16.2 Å². The molecule has 1 aliphatic rings. The smallest absolute Gasteiger partial charge is 0.318 e. The molecule has 5 rings (SSSR count). The molecular formula is C33H40N6O4S. The van der Waals surface area contributed by atoms with E-state index in [-0.39, 0.29) is 16.6 Å². The second-order valence-corrected chi connectivity index (χ2v) is 13.6. The summed E-state index contributed by atoms with van der Waals surface area (Å²) in [5.41, 5.74) is 3.95. The number of nitrogens with one attached hydrogen (secondary N) is 3. The molecule has 0 radical (unpaired) electrons. The van der Waals surface area contributed by atoms with Crippen molar-refractivity contribution < 1.29 is 18.0 Å². The number of sulfone groups is 1. The SMILES string of the molecule is CC(c1c[nH]c2ccccc12)C(NC(=O)N1CCN(c2ccccc2)CC1)C(=O)Nc1cc(CN(C)C)ccc1S(C)(=O)=O. The molecule has 1 saturated heterocycles. The monoisotopic (exact) mass is 616 g/mol. The Bertz CT molecular complexity index is 1730. The highest BCUT2D eigenvalue weighted by atomic mass is 32.2. The first kappa shape index (κ1) is 31.1. The molecular weight excluding hydrogens is 576 g/mol. The van der Waals surface area contributed by atoms with Crippen molar-refractivity contribution in [3.05, 3.63) is 90.1 Å². The fourth-order valence-electron chi connectivity index (χ4n) is 5.77. The molecule has 2 atom stereocenters. The molecule has 0 bridgehead atoms. The Hall–Kier alpha value is -4.35. The van der Waals surface area contributed by atoms with Crippen molar-refractivity contribution >= 4 is 44.1 Å². The van der Waals surface area contributed by atoms with Gasteiger partial charge in [-0.15, -0.1) is 0 Å². The zero-order chi connectivity index (χ0) is 31.4. The topological polar surface area (TPSA) is 118 Å². The summed E-state index contributed by atoms with van der Waals surface area (Å²) in [6, 6.07) is 21.5. The molecule has 11 heteroatoms. The number of aromatic amines is 1. The fraction of sp³-hybridized carbons (Fsp3) is 0.333. The van der Waals surface area contributed by atoms with Gasteiger partial charge in [-0.3, -0.25) is 4.79 Å². The number of carbonyl (C=O) groups excluding carboxylic acids is 2. The normalized spacial score (nSPS) is 15.3. The van der Waals surface area contributed by atoms with E-state index >= 15 is 0 Å². The van der Waals surface area contributed by atoms with Crippen molar-refractivity contribution in [2.75, 3.05) is 56.7 Å². The predicted octanol–water partition coefficient (Wildman–Crippen LogP) is 4.28. The standard InChI is InChI=1S/C33H40N6O4S/c1-23(27-21-34-28-13-9-8-12-26(27)28)31(36-33(41)39-18-16-38(17-19-39)25-10-6-5-7-11-25)32(40)35-29-20-24(22-37(2)3)14-15-30(29)44(4,42)43/h5-15,20-21,23,31,34H,16-19,22H2,1-4H3,(H,35,40)(H,36,41). The van der Waals surface area contributed by atoms with Crippen LogP contribution < -0.4 is 15.5 Å². The summed E-state index contributed by atoms with van der Waals surface area (Å²) in [5, 5.41) is 6.83. The highest BCUT2D eigenvalue weighted by Crippen LogP contribution is 2.30. The Labute approximate surface area is 259 Å². The zero-order valence-electron chi connectivity index (χ0n) is 25.6. The van der Waals surface area contributed by atoms with Gasteiger partial charge < -0.3 is 30.3 Å². The summed E-state index contributed by atoms with van der Waals surface area (Å²) in [6.45, 7) is 4.80. The Morgan fingerprint density at radius 2 is 1.64 bits per heavy atom. The fourth-order valence-corrected chi connectivity index (χ4v) is 6.60. The van der Waals surface area contributed by atoms with Crippen LogP contribution in [0.25, 0.3) is 10.9 Å². The molecule has 2 heterocycles. The minimum absolute atomic E-state index is 0.0233. The molecule has 0 aliphatic carbocycles. The molecule has 1 fully saturated rings. The number of benzene rings is 3. The molecule has 2 unspecified atom stereocenters. The largest absolute Gasteiger partial charge is 0.368 e. The number of carbonyl (C=O) groups is 2. The van der Waals surface area contributed by atoms with Gasteiger partial charge in [0.2, 0.25) is 5.91 Å². The number of aromatic nitrogens is 1. The van der Waals surface area contributed by atoms with E-state index < -0.39 is 27.7 Å². The maximum atomic E-state index is 14.1. The number of rotatable bonds is 9. The Balaban J connectivity index is 1.42. The quantitative estimate of drug-likeness (QED) is 0.259. The maximum absolute atomic E-state index is 14.1. The van der Waals surface area contributed by atoms with Crippen LogP contribution in [-0.4, -0.2) is 87.7 Å². The second kappa shape index (κ2) is 13.1. The average molecular weight is 617 g/mol. The number of hydrogen-bond acceptors (Lipinski definition) is 6. The van der Waals surface area contributed by atoms with Gasteiger partial charge in [0.05, 0.1) is 10.6 Å². The Morgan fingerprint density at radius 1 is 0.955 bits per heavy atom. The van der Waals surface area contributed by atoms with Gasteiger partial charge in [-0.05, 0) is 55.6 Å². The number of piperazine rings is 1. The molecule has 1 aromatic heterocycles. The molecule has 10 nitrogen and oxygen atoms in total. The summed E-state index contributed by atoms with van der Waals surface area (Å²) >= 11 is 0. The van der Waals surface area contributed by atoms with Crippen molar-refractivity contribution in [3.63, 3.8) is 0 Å². The van der Waals surface area contributed by atoms with E-state index in [1.165, 1.54) is 6.07 Å². The zero-order valence-corrected chi connectivity index (χ0v) is 26.4. The summed E-state index contributed by atoms with van der Waals surface area (Å²) in [7, 11) is 0.183. The van der Waals surface area contributed by atoms with E-state index in [4.69, 9.17) is 0 Å². The van der Waals surface area contributed by atoms with Gasteiger partial charge in [0.1, 0.15) is 6.04 Å². The van der Waals surface area contributed by atoms with Crippen LogP contribution >= 0.6 is 0 Å². The number of hydrogen-bond donors (Lipinski definition) is 3. The third-order valence-corrected chi connectivity index (χ3v) is 9.22. The minimum atomic E-state index is -3.64. The Morgan fingerprint density at radius 3 is 2.32 bits per heavy atom. The van der Waals surface area contributed by atoms with E-state index in [0.29, 0.717) is 32.7 Å². The van der Waals surface area contributed by atoms with Gasteiger partial charge in [0.25, 0.3) is 0 Å². The summed E-state index contributed by atoms with van der Waals surface area (Å²) in [6.07, 6.45) is 2.98. The van der Waals surface area contributed by atoms with Crippen LogP contribution in [-0.2, 0) is 21.2 Å². The lowest BCUT2D eigenvalue weighted by molar-refractivity contribution is -0.118. The molecule has 232 valence electrons. The maximum Gasteiger partial charge on any atom is 0.318 e. The lowest BCUT2D eigenvalue weighted by Crippen LogP contribution is -2.56. The van der Waals surface area contributed by atoms with Gasteiger partial charge >= 0.3 is 6.03 Å². The first-order valence-corrected chi connectivity index (χ1v) is 16.6. The van der Waals surface area contributed by atoms with E-state index in [2.05, 4.69) is 32.7 Å². The van der Waals surface area contributed by atoms with Crippen molar-refractivity contribution in [3.8, 4) is 0 Å². The number of anilines is 2. The van der Waals surface area contributed by atoms with Crippen molar-refractivity contribution in [2.45, 2.75) is 30.3 Å².